The Bertz CT molecular complexity index is 729. The van der Waals surface area contributed by atoms with Crippen LogP contribution >= 0.6 is 11.3 Å². The van der Waals surface area contributed by atoms with E-state index in [9.17, 15) is 14.0 Å². The average Bonchev–Trinajstić information content (AvgIpc) is 3.03. The minimum absolute atomic E-state index is 0.156. The lowest BCUT2D eigenvalue weighted by atomic mass is 10.2. The van der Waals surface area contributed by atoms with E-state index < -0.39 is 11.8 Å². The lowest BCUT2D eigenvalue weighted by Crippen LogP contribution is -2.25. The molecule has 7 heteroatoms. The number of ether oxygens (including phenoxy) is 2. The summed E-state index contributed by atoms with van der Waals surface area (Å²) in [4.78, 5) is 26.0. The maximum Gasteiger partial charge on any atom is 0.348 e. The Balaban J connectivity index is 2.09. The summed E-state index contributed by atoms with van der Waals surface area (Å²) in [6.45, 7) is 0.241. The van der Waals surface area contributed by atoms with Crippen molar-refractivity contribution in [3.8, 4) is 5.75 Å². The van der Waals surface area contributed by atoms with Crippen molar-refractivity contribution in [3.63, 3.8) is 0 Å². The van der Waals surface area contributed by atoms with Crippen molar-refractivity contribution < 1.29 is 23.5 Å². The standard InChI is InChI=1S/C16H16FNO4S/c1-18(9-10-4-5-12(21-2)11(17)8-10)15(19)13-6-7-14(23-13)16(20)22-3/h4-8H,9H2,1-3H3. The number of halogens is 1. The number of hydrogen-bond acceptors (Lipinski definition) is 5. The van der Waals surface area contributed by atoms with Gasteiger partial charge in [0.1, 0.15) is 4.88 Å². The van der Waals surface area contributed by atoms with Crippen LogP contribution in [0.2, 0.25) is 0 Å². The normalized spacial score (nSPS) is 10.3. The Morgan fingerprint density at radius 3 is 2.48 bits per heavy atom. The summed E-state index contributed by atoms with van der Waals surface area (Å²) in [6, 6.07) is 7.66. The van der Waals surface area contributed by atoms with Crippen molar-refractivity contribution in [2.75, 3.05) is 21.3 Å². The number of rotatable bonds is 5. The lowest BCUT2D eigenvalue weighted by molar-refractivity contribution is 0.0606. The van der Waals surface area contributed by atoms with Crippen molar-refractivity contribution in [3.05, 3.63) is 51.5 Å². The van der Waals surface area contributed by atoms with Gasteiger partial charge in [-0.05, 0) is 29.8 Å². The van der Waals surface area contributed by atoms with Crippen molar-refractivity contribution in [2.45, 2.75) is 6.54 Å². The summed E-state index contributed by atoms with van der Waals surface area (Å²) < 4.78 is 23.2. The van der Waals surface area contributed by atoms with Crippen molar-refractivity contribution in [2.24, 2.45) is 0 Å². The highest BCUT2D eigenvalue weighted by Crippen LogP contribution is 2.21. The predicted octanol–water partition coefficient (Wildman–Crippen LogP) is 2.95. The lowest BCUT2D eigenvalue weighted by Gasteiger charge is -2.16. The summed E-state index contributed by atoms with van der Waals surface area (Å²) in [5.41, 5.74) is 0.642. The van der Waals surface area contributed by atoms with Gasteiger partial charge in [-0.3, -0.25) is 4.79 Å². The molecule has 0 saturated heterocycles. The van der Waals surface area contributed by atoms with E-state index in [1.54, 1.807) is 25.2 Å². The second kappa shape index (κ2) is 7.23. The molecule has 0 aliphatic carbocycles. The van der Waals surface area contributed by atoms with E-state index >= 15 is 0 Å². The molecule has 1 amide bonds. The topological polar surface area (TPSA) is 55.8 Å². The molecule has 0 radical (unpaired) electrons. The van der Waals surface area contributed by atoms with Gasteiger partial charge in [0.15, 0.2) is 11.6 Å². The van der Waals surface area contributed by atoms with Gasteiger partial charge < -0.3 is 14.4 Å². The number of esters is 1. The van der Waals surface area contributed by atoms with E-state index in [1.807, 2.05) is 0 Å². The Kier molecular flexibility index (Phi) is 5.33. The molecule has 0 fully saturated rings. The molecule has 1 heterocycles. The number of hydrogen-bond donors (Lipinski definition) is 0. The number of amides is 1. The number of methoxy groups -OCH3 is 2. The fourth-order valence-electron chi connectivity index (χ4n) is 2.01. The number of nitrogens with zero attached hydrogens (tertiary/aromatic N) is 1. The first kappa shape index (κ1) is 17.0. The fourth-order valence-corrected chi connectivity index (χ4v) is 2.92. The summed E-state index contributed by atoms with van der Waals surface area (Å²) in [7, 11) is 4.29. The highest BCUT2D eigenvalue weighted by atomic mass is 32.1. The van der Waals surface area contributed by atoms with E-state index in [-0.39, 0.29) is 18.2 Å². The van der Waals surface area contributed by atoms with Crippen LogP contribution in [0.15, 0.2) is 30.3 Å². The van der Waals surface area contributed by atoms with Gasteiger partial charge in [-0.25, -0.2) is 9.18 Å². The minimum atomic E-state index is -0.478. The van der Waals surface area contributed by atoms with Crippen molar-refractivity contribution >= 4 is 23.2 Å². The molecule has 23 heavy (non-hydrogen) atoms. The van der Waals surface area contributed by atoms with Gasteiger partial charge in [-0.15, -0.1) is 11.3 Å². The van der Waals surface area contributed by atoms with E-state index in [1.165, 1.54) is 31.3 Å². The third kappa shape index (κ3) is 3.87. The van der Waals surface area contributed by atoms with Crippen LogP contribution in [0.4, 0.5) is 4.39 Å². The molecule has 0 bridgehead atoms. The second-order valence-electron chi connectivity index (χ2n) is 4.79. The number of carbonyl (C=O) groups is 2. The average molecular weight is 337 g/mol. The molecule has 2 aromatic rings. The summed E-state index contributed by atoms with van der Waals surface area (Å²) in [5.74, 6) is -1.05. The Hall–Kier alpha value is -2.41. The first-order chi connectivity index (χ1) is 11.0. The van der Waals surface area contributed by atoms with Crippen LogP contribution in [-0.2, 0) is 11.3 Å². The van der Waals surface area contributed by atoms with Crippen molar-refractivity contribution in [1.29, 1.82) is 0 Å². The Morgan fingerprint density at radius 2 is 1.87 bits per heavy atom. The molecule has 1 aromatic carbocycles. The van der Waals surface area contributed by atoms with E-state index in [0.29, 0.717) is 15.3 Å². The first-order valence-electron chi connectivity index (χ1n) is 6.72. The van der Waals surface area contributed by atoms with Gasteiger partial charge in [0, 0.05) is 13.6 Å². The molecule has 2 rings (SSSR count). The van der Waals surface area contributed by atoms with E-state index in [0.717, 1.165) is 11.3 Å². The SMILES string of the molecule is COC(=O)c1ccc(C(=O)N(C)Cc2ccc(OC)c(F)c2)s1. The minimum Gasteiger partial charge on any atom is -0.494 e. The Morgan fingerprint density at radius 1 is 1.17 bits per heavy atom. The quantitative estimate of drug-likeness (QED) is 0.787. The highest BCUT2D eigenvalue weighted by Gasteiger charge is 2.18. The summed E-state index contributed by atoms with van der Waals surface area (Å²) in [5, 5.41) is 0. The molecule has 0 unspecified atom stereocenters. The third-order valence-corrected chi connectivity index (χ3v) is 4.24. The van der Waals surface area contributed by atoms with Gasteiger partial charge in [-0.1, -0.05) is 6.07 Å². The summed E-state index contributed by atoms with van der Waals surface area (Å²) in [6.07, 6.45) is 0. The molecule has 1 aromatic heterocycles. The number of benzene rings is 1. The van der Waals surface area contributed by atoms with Crippen LogP contribution < -0.4 is 4.74 Å². The number of thiophene rings is 1. The molecule has 0 atom stereocenters. The molecule has 0 saturated carbocycles. The maximum atomic E-state index is 13.7. The predicted molar refractivity (Wildman–Crippen MR) is 84.4 cm³/mol. The zero-order valence-corrected chi connectivity index (χ0v) is 13.8. The highest BCUT2D eigenvalue weighted by molar-refractivity contribution is 7.15. The molecule has 0 spiro atoms. The van der Waals surface area contributed by atoms with Crippen LogP contribution in [0.1, 0.15) is 24.9 Å². The van der Waals surface area contributed by atoms with Gasteiger partial charge in [0.2, 0.25) is 0 Å². The smallest absolute Gasteiger partial charge is 0.348 e. The fraction of sp³-hybridized carbons (Fsp3) is 0.250. The molecular formula is C16H16FNO4S. The molecular weight excluding hydrogens is 321 g/mol. The zero-order chi connectivity index (χ0) is 17.0. The van der Waals surface area contributed by atoms with Gasteiger partial charge >= 0.3 is 5.97 Å². The zero-order valence-electron chi connectivity index (χ0n) is 13.0. The Labute approximate surface area is 137 Å². The molecule has 122 valence electrons. The van der Waals surface area contributed by atoms with E-state index in [4.69, 9.17) is 4.74 Å². The largest absolute Gasteiger partial charge is 0.494 e. The molecule has 0 aliphatic heterocycles. The van der Waals surface area contributed by atoms with Gasteiger partial charge in [-0.2, -0.15) is 0 Å². The van der Waals surface area contributed by atoms with Crippen LogP contribution in [0.5, 0.6) is 5.75 Å². The summed E-state index contributed by atoms with van der Waals surface area (Å²) >= 11 is 1.06. The van der Waals surface area contributed by atoms with Crippen LogP contribution in [0.3, 0.4) is 0 Å². The van der Waals surface area contributed by atoms with Crippen LogP contribution in [-0.4, -0.2) is 38.0 Å². The van der Waals surface area contributed by atoms with Gasteiger partial charge in [0.25, 0.3) is 5.91 Å². The van der Waals surface area contributed by atoms with Crippen molar-refractivity contribution in [1.82, 2.24) is 4.90 Å². The van der Waals surface area contributed by atoms with Crippen LogP contribution in [0, 0.1) is 5.82 Å². The molecule has 0 aliphatic rings. The molecule has 5 nitrogen and oxygen atoms in total. The second-order valence-corrected chi connectivity index (χ2v) is 5.87. The van der Waals surface area contributed by atoms with E-state index in [2.05, 4.69) is 4.74 Å². The monoisotopic (exact) mass is 337 g/mol. The molecule has 0 N–H and O–H groups in total. The number of carbonyl (C=O) groups excluding carboxylic acids is 2. The third-order valence-electron chi connectivity index (χ3n) is 3.19. The maximum absolute atomic E-state index is 13.7. The van der Waals surface area contributed by atoms with Gasteiger partial charge in [0.05, 0.1) is 19.1 Å². The first-order valence-corrected chi connectivity index (χ1v) is 7.54. The van der Waals surface area contributed by atoms with Crippen LogP contribution in [0.25, 0.3) is 0 Å².